The molecule has 0 amide bonds. The molecule has 0 fully saturated rings. The average Bonchev–Trinajstić information content (AvgIpc) is 2.27. The van der Waals surface area contributed by atoms with Crippen molar-refractivity contribution in [2.75, 3.05) is 7.11 Å². The number of hydrogen-bond donors (Lipinski definition) is 1. The number of hydrogen-bond acceptors (Lipinski definition) is 3. The molecule has 0 aromatic rings. The molecule has 0 aromatic heterocycles. The SMILES string of the molecule is C=CC[C@H](O)[C@H](C)[C@@H](OC)[C@@H](C)O[Si](C)(C)C(C)(C)C. The summed E-state index contributed by atoms with van der Waals surface area (Å²) in [6.45, 7) is 18.9. The highest BCUT2D eigenvalue weighted by Gasteiger charge is 2.41. The quantitative estimate of drug-likeness (QED) is 0.544. The normalized spacial score (nSPS) is 19.2. The van der Waals surface area contributed by atoms with Gasteiger partial charge in [-0.3, -0.25) is 0 Å². The summed E-state index contributed by atoms with van der Waals surface area (Å²) in [7, 11) is -0.140. The minimum atomic E-state index is -1.83. The summed E-state index contributed by atoms with van der Waals surface area (Å²) in [4.78, 5) is 0. The molecule has 4 atom stereocenters. The first-order valence-electron chi connectivity index (χ1n) is 7.47. The molecule has 0 aliphatic rings. The van der Waals surface area contributed by atoms with Crippen LogP contribution in [0.2, 0.25) is 18.1 Å². The summed E-state index contributed by atoms with van der Waals surface area (Å²) < 4.78 is 12.0. The first-order valence-corrected chi connectivity index (χ1v) is 10.4. The molecule has 0 aliphatic carbocycles. The number of rotatable bonds is 8. The summed E-state index contributed by atoms with van der Waals surface area (Å²) in [5.41, 5.74) is 0. The van der Waals surface area contributed by atoms with Gasteiger partial charge >= 0.3 is 0 Å². The number of aliphatic hydroxyl groups is 1. The fourth-order valence-electron chi connectivity index (χ4n) is 2.15. The van der Waals surface area contributed by atoms with Gasteiger partial charge in [-0.1, -0.05) is 33.8 Å². The lowest BCUT2D eigenvalue weighted by molar-refractivity contribution is -0.0617. The van der Waals surface area contributed by atoms with Gasteiger partial charge in [-0.25, -0.2) is 0 Å². The molecule has 0 bridgehead atoms. The zero-order valence-electron chi connectivity index (χ0n) is 14.6. The maximum Gasteiger partial charge on any atom is 0.192 e. The molecule has 0 heterocycles. The fraction of sp³-hybridized carbons (Fsp3) is 0.875. The van der Waals surface area contributed by atoms with E-state index in [0.717, 1.165) is 0 Å². The van der Waals surface area contributed by atoms with Gasteiger partial charge in [-0.05, 0) is 31.5 Å². The van der Waals surface area contributed by atoms with E-state index < -0.39 is 14.4 Å². The van der Waals surface area contributed by atoms with Gasteiger partial charge in [0.2, 0.25) is 0 Å². The molecule has 0 aromatic carbocycles. The maximum atomic E-state index is 10.1. The van der Waals surface area contributed by atoms with E-state index in [1.807, 2.05) is 13.8 Å². The monoisotopic (exact) mass is 302 g/mol. The molecule has 0 aliphatic heterocycles. The van der Waals surface area contributed by atoms with Crippen molar-refractivity contribution in [3.63, 3.8) is 0 Å². The smallest absolute Gasteiger partial charge is 0.192 e. The van der Waals surface area contributed by atoms with Crippen LogP contribution in [0.4, 0.5) is 0 Å². The molecule has 4 heteroatoms. The Bertz CT molecular complexity index is 297. The second-order valence-electron chi connectivity index (χ2n) is 7.23. The van der Waals surface area contributed by atoms with Gasteiger partial charge in [0.25, 0.3) is 0 Å². The molecule has 1 N–H and O–H groups in total. The van der Waals surface area contributed by atoms with E-state index in [9.17, 15) is 5.11 Å². The molecule has 120 valence electrons. The summed E-state index contributed by atoms with van der Waals surface area (Å²) in [6, 6.07) is 0. The van der Waals surface area contributed by atoms with Crippen LogP contribution in [-0.2, 0) is 9.16 Å². The van der Waals surface area contributed by atoms with E-state index in [1.54, 1.807) is 13.2 Å². The standard InChI is InChI=1S/C16H34O3Si/c1-10-11-14(17)12(2)15(18-7)13(3)19-20(8,9)16(4,5)6/h10,12-15,17H,1,11H2,2-9H3/t12-,13+,14-,15+/m0/s1. The van der Waals surface area contributed by atoms with Crippen molar-refractivity contribution >= 4 is 8.32 Å². The van der Waals surface area contributed by atoms with E-state index >= 15 is 0 Å². The number of methoxy groups -OCH3 is 1. The van der Waals surface area contributed by atoms with Crippen LogP contribution in [0, 0.1) is 5.92 Å². The minimum Gasteiger partial charge on any atom is -0.412 e. The molecule has 20 heavy (non-hydrogen) atoms. The van der Waals surface area contributed by atoms with Gasteiger partial charge in [0.1, 0.15) is 0 Å². The Labute approximate surface area is 126 Å². The highest BCUT2D eigenvalue weighted by atomic mass is 28.4. The van der Waals surface area contributed by atoms with Crippen molar-refractivity contribution in [3.05, 3.63) is 12.7 Å². The fourth-order valence-corrected chi connectivity index (χ4v) is 3.56. The Morgan fingerprint density at radius 3 is 2.10 bits per heavy atom. The summed E-state index contributed by atoms with van der Waals surface area (Å²) >= 11 is 0. The first-order chi connectivity index (χ1) is 8.97. The van der Waals surface area contributed by atoms with E-state index in [2.05, 4.69) is 40.4 Å². The lowest BCUT2D eigenvalue weighted by Crippen LogP contribution is -2.49. The second-order valence-corrected chi connectivity index (χ2v) is 12.0. The van der Waals surface area contributed by atoms with E-state index in [-0.39, 0.29) is 23.2 Å². The summed E-state index contributed by atoms with van der Waals surface area (Å²) in [5.74, 6) is 0.0118. The Morgan fingerprint density at radius 2 is 1.75 bits per heavy atom. The number of ether oxygens (including phenoxy) is 1. The van der Waals surface area contributed by atoms with Crippen molar-refractivity contribution in [3.8, 4) is 0 Å². The van der Waals surface area contributed by atoms with Gasteiger partial charge < -0.3 is 14.3 Å². The lowest BCUT2D eigenvalue weighted by Gasteiger charge is -2.41. The van der Waals surface area contributed by atoms with Crippen LogP contribution in [0.25, 0.3) is 0 Å². The van der Waals surface area contributed by atoms with Gasteiger partial charge in [0, 0.05) is 13.0 Å². The minimum absolute atomic E-state index is 0.0118. The molecular weight excluding hydrogens is 268 g/mol. The van der Waals surface area contributed by atoms with Gasteiger partial charge in [0.05, 0.1) is 18.3 Å². The third-order valence-corrected chi connectivity index (χ3v) is 9.13. The van der Waals surface area contributed by atoms with E-state index in [0.29, 0.717) is 6.42 Å². The van der Waals surface area contributed by atoms with Crippen LogP contribution in [0.15, 0.2) is 12.7 Å². The van der Waals surface area contributed by atoms with E-state index in [4.69, 9.17) is 9.16 Å². The summed E-state index contributed by atoms with van der Waals surface area (Å²) in [5, 5.41) is 10.3. The second kappa shape index (κ2) is 7.73. The number of aliphatic hydroxyl groups excluding tert-OH is 1. The maximum absolute atomic E-state index is 10.1. The highest BCUT2D eigenvalue weighted by molar-refractivity contribution is 6.74. The van der Waals surface area contributed by atoms with E-state index in [1.165, 1.54) is 0 Å². The lowest BCUT2D eigenvalue weighted by atomic mass is 9.93. The van der Waals surface area contributed by atoms with Crippen LogP contribution in [0.1, 0.15) is 41.0 Å². The molecule has 0 saturated heterocycles. The molecule has 0 rings (SSSR count). The Hall–Kier alpha value is -0.163. The summed E-state index contributed by atoms with van der Waals surface area (Å²) in [6.07, 6.45) is 1.73. The average molecular weight is 303 g/mol. The van der Waals surface area contributed by atoms with Gasteiger partial charge in [-0.2, -0.15) is 0 Å². The van der Waals surface area contributed by atoms with Crippen LogP contribution in [-0.4, -0.2) is 38.8 Å². The molecule has 3 nitrogen and oxygen atoms in total. The topological polar surface area (TPSA) is 38.7 Å². The third-order valence-electron chi connectivity index (χ3n) is 4.55. The predicted molar refractivity (Wildman–Crippen MR) is 88.5 cm³/mol. The van der Waals surface area contributed by atoms with Crippen molar-refractivity contribution in [1.82, 2.24) is 0 Å². The molecule has 0 saturated carbocycles. The zero-order chi connectivity index (χ0) is 16.1. The largest absolute Gasteiger partial charge is 0.412 e. The third kappa shape index (κ3) is 5.32. The Balaban J connectivity index is 4.87. The molecule has 0 spiro atoms. The molecule has 0 radical (unpaired) electrons. The molecule has 0 unspecified atom stereocenters. The Kier molecular flexibility index (Phi) is 7.67. The zero-order valence-corrected chi connectivity index (χ0v) is 15.6. The van der Waals surface area contributed by atoms with Crippen molar-refractivity contribution < 1.29 is 14.3 Å². The first kappa shape index (κ1) is 19.8. The van der Waals surface area contributed by atoms with Crippen LogP contribution in [0.5, 0.6) is 0 Å². The van der Waals surface area contributed by atoms with Gasteiger partial charge in [0.15, 0.2) is 8.32 Å². The predicted octanol–water partition coefficient (Wildman–Crippen LogP) is 3.98. The van der Waals surface area contributed by atoms with Crippen LogP contribution >= 0.6 is 0 Å². The highest BCUT2D eigenvalue weighted by Crippen LogP contribution is 2.38. The van der Waals surface area contributed by atoms with Crippen LogP contribution < -0.4 is 0 Å². The van der Waals surface area contributed by atoms with Crippen molar-refractivity contribution in [2.45, 2.75) is 77.5 Å². The Morgan fingerprint density at radius 1 is 1.25 bits per heavy atom. The van der Waals surface area contributed by atoms with Crippen molar-refractivity contribution in [2.24, 2.45) is 5.92 Å². The van der Waals surface area contributed by atoms with Crippen LogP contribution in [0.3, 0.4) is 0 Å². The van der Waals surface area contributed by atoms with Crippen molar-refractivity contribution in [1.29, 1.82) is 0 Å². The molecular formula is C16H34O3Si. The van der Waals surface area contributed by atoms with Gasteiger partial charge in [-0.15, -0.1) is 6.58 Å².